The van der Waals surface area contributed by atoms with Crippen LogP contribution in [-0.4, -0.2) is 24.0 Å². The molecule has 1 aliphatic carbocycles. The number of hydrogen-bond acceptors (Lipinski definition) is 3. The first-order valence-corrected chi connectivity index (χ1v) is 10.5. The summed E-state index contributed by atoms with van der Waals surface area (Å²) in [4.78, 5) is 0. The quantitative estimate of drug-likeness (QED) is 0.256. The van der Waals surface area contributed by atoms with Gasteiger partial charge in [-0.05, 0) is 43.6 Å². The van der Waals surface area contributed by atoms with E-state index < -0.39 is 0 Å². The maximum atomic E-state index is 5.93. The summed E-state index contributed by atoms with van der Waals surface area (Å²) in [5.74, 6) is 0.875. The summed E-state index contributed by atoms with van der Waals surface area (Å²) in [7, 11) is 0. The molecule has 1 aromatic carbocycles. The summed E-state index contributed by atoms with van der Waals surface area (Å²) in [6, 6.07) is 8.48. The van der Waals surface area contributed by atoms with Gasteiger partial charge in [-0.1, -0.05) is 64.0 Å². The molecule has 0 bridgehead atoms. The lowest BCUT2D eigenvalue weighted by atomic mass is 9.96. The fourth-order valence-corrected chi connectivity index (χ4v) is 3.45. The summed E-state index contributed by atoms with van der Waals surface area (Å²) in [6.45, 7) is 2.99. The van der Waals surface area contributed by atoms with Crippen molar-refractivity contribution >= 4 is 23.5 Å². The predicted octanol–water partition coefficient (Wildman–Crippen LogP) is 5.17. The first kappa shape index (κ1) is 20.7. The molecule has 1 saturated carbocycles. The molecular formula is C21H33N3OS. The van der Waals surface area contributed by atoms with E-state index in [4.69, 9.17) is 17.0 Å². The van der Waals surface area contributed by atoms with Crippen LogP contribution in [0.25, 0.3) is 0 Å². The molecule has 0 radical (unpaired) electrons. The van der Waals surface area contributed by atoms with Crippen LogP contribution in [0.5, 0.6) is 5.75 Å². The highest BCUT2D eigenvalue weighted by molar-refractivity contribution is 7.80. The predicted molar refractivity (Wildman–Crippen MR) is 114 cm³/mol. The number of thiocarbonyl (C=S) groups is 1. The number of nitrogens with zero attached hydrogens (tertiary/aromatic N) is 1. The van der Waals surface area contributed by atoms with Crippen molar-refractivity contribution in [3.63, 3.8) is 0 Å². The van der Waals surface area contributed by atoms with Gasteiger partial charge < -0.3 is 10.1 Å². The molecule has 0 aromatic heterocycles. The monoisotopic (exact) mass is 375 g/mol. The van der Waals surface area contributed by atoms with Gasteiger partial charge in [0.2, 0.25) is 0 Å². The lowest BCUT2D eigenvalue weighted by Crippen LogP contribution is -2.40. The van der Waals surface area contributed by atoms with E-state index in [2.05, 4.69) is 22.8 Å². The normalized spacial score (nSPS) is 15.1. The lowest BCUT2D eigenvalue weighted by molar-refractivity contribution is 0.304. The molecule has 0 saturated heterocycles. The first-order valence-electron chi connectivity index (χ1n) is 10.1. The van der Waals surface area contributed by atoms with Crippen LogP contribution in [0.2, 0.25) is 0 Å². The molecular weight excluding hydrogens is 342 g/mol. The van der Waals surface area contributed by atoms with Crippen molar-refractivity contribution in [2.75, 3.05) is 6.61 Å². The molecule has 0 spiro atoms. The summed E-state index contributed by atoms with van der Waals surface area (Å²) >= 11 is 5.34. The molecule has 4 nitrogen and oxygen atoms in total. The van der Waals surface area contributed by atoms with E-state index in [1.54, 1.807) is 6.21 Å². The van der Waals surface area contributed by atoms with E-state index >= 15 is 0 Å². The Labute approximate surface area is 163 Å². The fourth-order valence-electron chi connectivity index (χ4n) is 3.23. The van der Waals surface area contributed by atoms with Crippen LogP contribution in [0.4, 0.5) is 0 Å². The number of ether oxygens (including phenoxy) is 1. The van der Waals surface area contributed by atoms with Crippen LogP contribution >= 0.6 is 12.2 Å². The third-order valence-electron chi connectivity index (χ3n) is 4.73. The van der Waals surface area contributed by atoms with Crippen molar-refractivity contribution < 1.29 is 4.74 Å². The molecule has 144 valence electrons. The second kappa shape index (κ2) is 12.7. The Kier molecular flexibility index (Phi) is 10.1. The van der Waals surface area contributed by atoms with Crippen molar-refractivity contribution in [2.24, 2.45) is 5.10 Å². The van der Waals surface area contributed by atoms with Gasteiger partial charge in [-0.2, -0.15) is 5.10 Å². The Hall–Kier alpha value is -1.62. The number of hydrogen-bond donors (Lipinski definition) is 2. The first-order chi connectivity index (χ1) is 12.8. The number of rotatable bonds is 10. The number of unbranched alkanes of at least 4 members (excludes halogenated alkanes) is 4. The van der Waals surface area contributed by atoms with Gasteiger partial charge in [0, 0.05) is 11.6 Å². The largest absolute Gasteiger partial charge is 0.493 e. The van der Waals surface area contributed by atoms with Crippen LogP contribution in [-0.2, 0) is 0 Å². The topological polar surface area (TPSA) is 45.6 Å². The smallest absolute Gasteiger partial charge is 0.187 e. The summed E-state index contributed by atoms with van der Waals surface area (Å²) in [5.41, 5.74) is 3.90. The van der Waals surface area contributed by atoms with E-state index in [-0.39, 0.29) is 0 Å². The minimum atomic E-state index is 0.488. The Morgan fingerprint density at radius 1 is 1.15 bits per heavy atom. The van der Waals surface area contributed by atoms with Crippen molar-refractivity contribution in [1.29, 1.82) is 0 Å². The van der Waals surface area contributed by atoms with E-state index in [1.165, 1.54) is 57.8 Å². The Balaban J connectivity index is 1.73. The van der Waals surface area contributed by atoms with Gasteiger partial charge in [-0.25, -0.2) is 0 Å². The molecule has 26 heavy (non-hydrogen) atoms. The van der Waals surface area contributed by atoms with Gasteiger partial charge in [0.1, 0.15) is 5.75 Å². The van der Waals surface area contributed by atoms with E-state index in [1.807, 2.05) is 24.3 Å². The van der Waals surface area contributed by atoms with Crippen LogP contribution < -0.4 is 15.5 Å². The maximum absolute atomic E-state index is 5.93. The molecule has 2 N–H and O–H groups in total. The molecule has 0 heterocycles. The molecule has 0 amide bonds. The highest BCUT2D eigenvalue weighted by atomic mass is 32.1. The number of hydrazone groups is 1. The van der Waals surface area contributed by atoms with Crippen molar-refractivity contribution in [2.45, 2.75) is 77.2 Å². The van der Waals surface area contributed by atoms with Gasteiger partial charge in [0.25, 0.3) is 0 Å². The number of nitrogens with one attached hydrogen (secondary N) is 2. The molecule has 1 fully saturated rings. The zero-order valence-electron chi connectivity index (χ0n) is 16.0. The molecule has 1 aliphatic rings. The molecule has 0 aliphatic heterocycles. The Bertz CT molecular complexity index is 556. The Morgan fingerprint density at radius 3 is 2.73 bits per heavy atom. The van der Waals surface area contributed by atoms with Crippen molar-refractivity contribution in [1.82, 2.24) is 10.7 Å². The van der Waals surface area contributed by atoms with Gasteiger partial charge in [-0.15, -0.1) is 0 Å². The molecule has 0 unspecified atom stereocenters. The van der Waals surface area contributed by atoms with E-state index in [9.17, 15) is 0 Å². The second-order valence-electron chi connectivity index (χ2n) is 6.98. The van der Waals surface area contributed by atoms with Gasteiger partial charge >= 0.3 is 0 Å². The zero-order valence-corrected chi connectivity index (χ0v) is 16.8. The average Bonchev–Trinajstić information content (AvgIpc) is 2.66. The lowest BCUT2D eigenvalue weighted by Gasteiger charge is -2.23. The minimum absolute atomic E-state index is 0.488. The number of benzene rings is 1. The molecule has 0 atom stereocenters. The fraction of sp³-hybridized carbons (Fsp3) is 0.619. The van der Waals surface area contributed by atoms with Crippen LogP contribution in [0, 0.1) is 0 Å². The summed E-state index contributed by atoms with van der Waals surface area (Å²) in [5, 5.41) is 8.23. The van der Waals surface area contributed by atoms with Crippen molar-refractivity contribution in [3.8, 4) is 5.75 Å². The van der Waals surface area contributed by atoms with Crippen molar-refractivity contribution in [3.05, 3.63) is 29.8 Å². The molecule has 1 aromatic rings. The number of para-hydroxylation sites is 1. The summed E-state index contributed by atoms with van der Waals surface area (Å²) in [6.07, 6.45) is 14.3. The van der Waals surface area contributed by atoms with E-state index in [0.717, 1.165) is 24.3 Å². The molecule has 2 rings (SSSR count). The second-order valence-corrected chi connectivity index (χ2v) is 7.39. The average molecular weight is 376 g/mol. The highest BCUT2D eigenvalue weighted by Crippen LogP contribution is 2.18. The minimum Gasteiger partial charge on any atom is -0.493 e. The zero-order chi connectivity index (χ0) is 18.5. The van der Waals surface area contributed by atoms with E-state index in [0.29, 0.717) is 11.2 Å². The van der Waals surface area contributed by atoms with Crippen LogP contribution in [0.3, 0.4) is 0 Å². The standard InChI is InChI=1S/C21H33N3OS/c1-2-3-4-5-11-16-25-20-15-10-9-12-18(20)17-22-24-21(26)23-19-13-7-6-8-14-19/h9-10,12,15,17,19H,2-8,11,13-14,16H2,1H3,(H2,23,24,26)/b22-17-. The van der Waals surface area contributed by atoms with Crippen LogP contribution in [0.1, 0.15) is 76.7 Å². The highest BCUT2D eigenvalue weighted by Gasteiger charge is 2.13. The SMILES string of the molecule is CCCCCCCOc1ccccc1/C=N\NC(=S)NC1CCCCC1. The van der Waals surface area contributed by atoms with Gasteiger partial charge in [0.15, 0.2) is 5.11 Å². The third-order valence-corrected chi connectivity index (χ3v) is 4.94. The van der Waals surface area contributed by atoms with Gasteiger partial charge in [-0.3, -0.25) is 5.43 Å². The maximum Gasteiger partial charge on any atom is 0.187 e. The van der Waals surface area contributed by atoms with Gasteiger partial charge in [0.05, 0.1) is 12.8 Å². The summed E-state index contributed by atoms with van der Waals surface area (Å²) < 4.78 is 5.93. The van der Waals surface area contributed by atoms with Crippen LogP contribution in [0.15, 0.2) is 29.4 Å². The Morgan fingerprint density at radius 2 is 1.92 bits per heavy atom. The third kappa shape index (κ3) is 8.17. The molecule has 5 heteroatoms.